The fourth-order valence-corrected chi connectivity index (χ4v) is 4.59. The highest BCUT2D eigenvalue weighted by Gasteiger charge is 2.22. The largest absolute Gasteiger partial charge is 0.419 e. The SMILES string of the molecule is CCN(CC)S(=O)(=O)c1ccc(-c2nc(C#N)c(NC[C@@H]3CCCO3)o2)cc1. The van der Waals surface area contributed by atoms with Crippen molar-refractivity contribution in [3.05, 3.63) is 30.0 Å². The van der Waals surface area contributed by atoms with Gasteiger partial charge in [0.25, 0.3) is 0 Å². The van der Waals surface area contributed by atoms with Crippen molar-refractivity contribution in [1.82, 2.24) is 9.29 Å². The predicted molar refractivity (Wildman–Crippen MR) is 104 cm³/mol. The maximum absolute atomic E-state index is 12.6. The molecule has 28 heavy (non-hydrogen) atoms. The van der Waals surface area contributed by atoms with Gasteiger partial charge in [0.05, 0.1) is 11.0 Å². The number of nitrogens with zero attached hydrogens (tertiary/aromatic N) is 3. The van der Waals surface area contributed by atoms with Crippen molar-refractivity contribution in [3.8, 4) is 17.5 Å². The third kappa shape index (κ3) is 4.19. The van der Waals surface area contributed by atoms with Crippen LogP contribution >= 0.6 is 0 Å². The number of benzene rings is 1. The van der Waals surface area contributed by atoms with Crippen LogP contribution in [0, 0.1) is 11.3 Å². The fourth-order valence-electron chi connectivity index (χ4n) is 3.13. The van der Waals surface area contributed by atoms with E-state index in [-0.39, 0.29) is 22.6 Å². The van der Waals surface area contributed by atoms with Crippen LogP contribution in [0.15, 0.2) is 33.6 Å². The fraction of sp³-hybridized carbons (Fsp3) is 0.474. The van der Waals surface area contributed by atoms with Crippen LogP contribution in [0.3, 0.4) is 0 Å². The minimum atomic E-state index is -3.52. The molecular weight excluding hydrogens is 380 g/mol. The van der Waals surface area contributed by atoms with Gasteiger partial charge in [0.1, 0.15) is 6.07 Å². The molecule has 0 amide bonds. The Kier molecular flexibility index (Phi) is 6.34. The molecule has 150 valence electrons. The zero-order valence-electron chi connectivity index (χ0n) is 16.0. The topological polar surface area (TPSA) is 108 Å². The van der Waals surface area contributed by atoms with E-state index in [4.69, 9.17) is 9.15 Å². The van der Waals surface area contributed by atoms with E-state index in [2.05, 4.69) is 10.3 Å². The van der Waals surface area contributed by atoms with E-state index in [1.807, 2.05) is 6.07 Å². The average Bonchev–Trinajstić information content (AvgIpc) is 3.36. The Morgan fingerprint density at radius 2 is 2.00 bits per heavy atom. The molecule has 9 heteroatoms. The van der Waals surface area contributed by atoms with Crippen molar-refractivity contribution >= 4 is 15.9 Å². The number of nitriles is 1. The van der Waals surface area contributed by atoms with Crippen LogP contribution in [0.5, 0.6) is 0 Å². The molecule has 1 N–H and O–H groups in total. The maximum atomic E-state index is 12.6. The van der Waals surface area contributed by atoms with Crippen molar-refractivity contribution in [3.63, 3.8) is 0 Å². The molecule has 0 aliphatic carbocycles. The summed E-state index contributed by atoms with van der Waals surface area (Å²) in [4.78, 5) is 4.42. The number of hydrogen-bond donors (Lipinski definition) is 1. The van der Waals surface area contributed by atoms with Crippen LogP contribution in [0.2, 0.25) is 0 Å². The Balaban J connectivity index is 1.79. The van der Waals surface area contributed by atoms with Gasteiger partial charge in [-0.1, -0.05) is 13.8 Å². The molecule has 1 saturated heterocycles. The number of ether oxygens (including phenoxy) is 1. The summed E-state index contributed by atoms with van der Waals surface area (Å²) in [5.41, 5.74) is 0.757. The number of aromatic nitrogens is 1. The number of oxazole rings is 1. The van der Waals surface area contributed by atoms with Crippen LogP contribution < -0.4 is 5.32 Å². The van der Waals surface area contributed by atoms with E-state index >= 15 is 0 Å². The van der Waals surface area contributed by atoms with Gasteiger partial charge in [-0.2, -0.15) is 14.6 Å². The van der Waals surface area contributed by atoms with Crippen LogP contribution in [0.4, 0.5) is 5.88 Å². The molecule has 0 radical (unpaired) electrons. The smallest absolute Gasteiger partial charge is 0.243 e. The van der Waals surface area contributed by atoms with Gasteiger partial charge in [0, 0.05) is 31.8 Å². The zero-order chi connectivity index (χ0) is 20.1. The van der Waals surface area contributed by atoms with E-state index < -0.39 is 10.0 Å². The molecule has 0 bridgehead atoms. The molecule has 1 aliphatic heterocycles. The number of hydrogen-bond acceptors (Lipinski definition) is 7. The average molecular weight is 404 g/mol. The Bertz CT molecular complexity index is 937. The second kappa shape index (κ2) is 8.73. The first-order valence-electron chi connectivity index (χ1n) is 9.36. The Hall–Kier alpha value is -2.41. The predicted octanol–water partition coefficient (Wildman–Crippen LogP) is 2.83. The zero-order valence-corrected chi connectivity index (χ0v) is 16.8. The van der Waals surface area contributed by atoms with Crippen molar-refractivity contribution in [2.45, 2.75) is 37.7 Å². The monoisotopic (exact) mass is 404 g/mol. The molecule has 2 aromatic rings. The lowest BCUT2D eigenvalue weighted by molar-refractivity contribution is 0.120. The molecule has 0 unspecified atom stereocenters. The van der Waals surface area contributed by atoms with Gasteiger partial charge in [-0.15, -0.1) is 0 Å². The van der Waals surface area contributed by atoms with E-state index in [0.717, 1.165) is 19.4 Å². The third-order valence-electron chi connectivity index (χ3n) is 4.69. The summed E-state index contributed by atoms with van der Waals surface area (Å²) in [7, 11) is -3.52. The van der Waals surface area contributed by atoms with Gasteiger partial charge < -0.3 is 14.5 Å². The summed E-state index contributed by atoms with van der Waals surface area (Å²) in [6, 6.07) is 8.33. The van der Waals surface area contributed by atoms with Crippen molar-refractivity contribution < 1.29 is 17.6 Å². The van der Waals surface area contributed by atoms with Crippen LogP contribution in [-0.2, 0) is 14.8 Å². The summed E-state index contributed by atoms with van der Waals surface area (Å²) >= 11 is 0. The van der Waals surface area contributed by atoms with Gasteiger partial charge >= 0.3 is 0 Å². The highest BCUT2D eigenvalue weighted by Crippen LogP contribution is 2.27. The molecule has 0 saturated carbocycles. The van der Waals surface area contributed by atoms with Gasteiger partial charge in [0.15, 0.2) is 0 Å². The minimum absolute atomic E-state index is 0.102. The number of nitrogens with one attached hydrogen (secondary N) is 1. The Labute approximate surface area is 165 Å². The second-order valence-electron chi connectivity index (χ2n) is 6.44. The minimum Gasteiger partial charge on any atom is -0.419 e. The molecule has 1 atom stereocenters. The summed E-state index contributed by atoms with van der Waals surface area (Å²) in [6.07, 6.45) is 2.10. The second-order valence-corrected chi connectivity index (χ2v) is 8.38. The highest BCUT2D eigenvalue weighted by atomic mass is 32.2. The van der Waals surface area contributed by atoms with Crippen molar-refractivity contribution in [1.29, 1.82) is 5.26 Å². The molecule has 2 heterocycles. The lowest BCUT2D eigenvalue weighted by atomic mass is 10.2. The molecule has 3 rings (SSSR count). The van der Waals surface area contributed by atoms with Gasteiger partial charge in [0.2, 0.25) is 27.5 Å². The molecule has 1 aliphatic rings. The van der Waals surface area contributed by atoms with Crippen LogP contribution in [0.25, 0.3) is 11.5 Å². The Morgan fingerprint density at radius 1 is 1.29 bits per heavy atom. The first kappa shape index (κ1) is 20.3. The highest BCUT2D eigenvalue weighted by molar-refractivity contribution is 7.89. The number of anilines is 1. The standard InChI is InChI=1S/C19H24N4O4S/c1-3-23(4-2)28(24,25)16-9-7-14(8-10-16)18-22-17(12-20)19(27-18)21-13-15-6-5-11-26-15/h7-10,15,21H,3-6,11,13H2,1-2H3/t15-/m0/s1. The van der Waals surface area contributed by atoms with Crippen LogP contribution in [-0.4, -0.2) is 50.1 Å². The van der Waals surface area contributed by atoms with Crippen molar-refractivity contribution in [2.24, 2.45) is 0 Å². The quantitative estimate of drug-likeness (QED) is 0.720. The van der Waals surface area contributed by atoms with Gasteiger partial charge in [-0.25, -0.2) is 8.42 Å². The molecule has 1 aromatic heterocycles. The first-order chi connectivity index (χ1) is 13.5. The molecule has 1 fully saturated rings. The lowest BCUT2D eigenvalue weighted by Gasteiger charge is -2.18. The van der Waals surface area contributed by atoms with E-state index in [1.54, 1.807) is 26.0 Å². The summed E-state index contributed by atoms with van der Waals surface area (Å²) in [6.45, 7) is 5.72. The van der Waals surface area contributed by atoms with Crippen LogP contribution in [0.1, 0.15) is 32.4 Å². The summed E-state index contributed by atoms with van der Waals surface area (Å²) < 4.78 is 37.8. The lowest BCUT2D eigenvalue weighted by Crippen LogP contribution is -2.30. The first-order valence-corrected chi connectivity index (χ1v) is 10.8. The van der Waals surface area contributed by atoms with E-state index in [0.29, 0.717) is 31.1 Å². The van der Waals surface area contributed by atoms with E-state index in [9.17, 15) is 13.7 Å². The van der Waals surface area contributed by atoms with Gasteiger partial charge in [-0.05, 0) is 37.1 Å². The number of rotatable bonds is 8. The van der Waals surface area contributed by atoms with Gasteiger partial charge in [-0.3, -0.25) is 0 Å². The van der Waals surface area contributed by atoms with E-state index in [1.165, 1.54) is 16.4 Å². The third-order valence-corrected chi connectivity index (χ3v) is 6.76. The molecule has 8 nitrogen and oxygen atoms in total. The normalized spacial score (nSPS) is 17.0. The maximum Gasteiger partial charge on any atom is 0.243 e. The van der Waals surface area contributed by atoms with Crippen molar-refractivity contribution in [2.75, 3.05) is 31.6 Å². The number of sulfonamides is 1. The molecule has 0 spiro atoms. The molecular formula is C19H24N4O4S. The molecule has 1 aromatic carbocycles. The summed E-state index contributed by atoms with van der Waals surface area (Å²) in [5, 5.41) is 12.4. The Morgan fingerprint density at radius 3 is 2.57 bits per heavy atom. The summed E-state index contributed by atoms with van der Waals surface area (Å²) in [5.74, 6) is 0.561.